The summed E-state index contributed by atoms with van der Waals surface area (Å²) in [5.74, 6) is -0.426. The van der Waals surface area contributed by atoms with Gasteiger partial charge in [-0.25, -0.2) is 19.6 Å². The molecule has 0 aliphatic carbocycles. The summed E-state index contributed by atoms with van der Waals surface area (Å²) in [7, 11) is 1.25. The summed E-state index contributed by atoms with van der Waals surface area (Å²) < 4.78 is 27.9. The second-order valence-corrected chi connectivity index (χ2v) is 10.8. The number of anilines is 1. The van der Waals surface area contributed by atoms with Crippen molar-refractivity contribution in [1.82, 2.24) is 9.97 Å². The predicted octanol–water partition coefficient (Wildman–Crippen LogP) is 6.02. The zero-order chi connectivity index (χ0) is 30.6. The van der Waals surface area contributed by atoms with Crippen molar-refractivity contribution in [1.29, 1.82) is 5.26 Å². The van der Waals surface area contributed by atoms with Gasteiger partial charge in [0.15, 0.2) is 5.79 Å². The van der Waals surface area contributed by atoms with Crippen molar-refractivity contribution in [3.05, 3.63) is 83.0 Å². The summed E-state index contributed by atoms with van der Waals surface area (Å²) in [4.78, 5) is 24.9. The standard InChI is InChI=1S/C31H27N5O6S/c1-31(2)40-16-21(42-31)15-39-20-12-10-18(11-13-20)24-22(14-32)29(36-27(33)25(24)34-3)43-17-23-26(30(37)38-4)41-28(35-23)19-8-6-5-7-9-19/h5-13,21H,15-17H2,1-2,4H3,(H2,33,36)/t21-/m1/s1. The summed E-state index contributed by atoms with van der Waals surface area (Å²) in [6.07, 6.45) is -0.193. The number of carbonyl (C=O) groups is 1. The molecule has 1 fully saturated rings. The lowest BCUT2D eigenvalue weighted by Crippen LogP contribution is -2.25. The molecule has 43 heavy (non-hydrogen) atoms. The highest BCUT2D eigenvalue weighted by Crippen LogP contribution is 2.42. The van der Waals surface area contributed by atoms with Crippen LogP contribution >= 0.6 is 11.8 Å². The average molecular weight is 598 g/mol. The summed E-state index contributed by atoms with van der Waals surface area (Å²) >= 11 is 1.15. The maximum absolute atomic E-state index is 12.5. The van der Waals surface area contributed by atoms with Crippen LogP contribution in [0.25, 0.3) is 27.4 Å². The van der Waals surface area contributed by atoms with E-state index in [4.69, 9.17) is 35.7 Å². The number of esters is 1. The molecule has 1 saturated heterocycles. The molecule has 4 aromatic rings. The number of thioether (sulfide) groups is 1. The minimum atomic E-state index is -0.680. The molecular weight excluding hydrogens is 570 g/mol. The molecule has 218 valence electrons. The topological polar surface area (TPSA) is 147 Å². The van der Waals surface area contributed by atoms with Crippen LogP contribution in [0.15, 0.2) is 64.0 Å². The maximum Gasteiger partial charge on any atom is 0.376 e. The van der Waals surface area contributed by atoms with Crippen molar-refractivity contribution in [3.8, 4) is 34.4 Å². The third-order valence-corrected chi connectivity index (χ3v) is 7.46. The van der Waals surface area contributed by atoms with Gasteiger partial charge in [-0.3, -0.25) is 0 Å². The molecule has 1 atom stereocenters. The van der Waals surface area contributed by atoms with E-state index in [9.17, 15) is 10.1 Å². The van der Waals surface area contributed by atoms with E-state index in [1.165, 1.54) is 7.11 Å². The second-order valence-electron chi connectivity index (χ2n) is 9.85. The van der Waals surface area contributed by atoms with Gasteiger partial charge in [-0.05, 0) is 43.7 Å². The molecule has 1 aliphatic heterocycles. The number of nitrogen functional groups attached to an aromatic ring is 1. The predicted molar refractivity (Wildman–Crippen MR) is 158 cm³/mol. The third kappa shape index (κ3) is 6.47. The highest BCUT2D eigenvalue weighted by Gasteiger charge is 2.33. The van der Waals surface area contributed by atoms with Gasteiger partial charge in [-0.15, -0.1) is 0 Å². The van der Waals surface area contributed by atoms with Gasteiger partial charge < -0.3 is 29.1 Å². The van der Waals surface area contributed by atoms with Crippen LogP contribution < -0.4 is 10.5 Å². The zero-order valence-electron chi connectivity index (χ0n) is 23.6. The number of oxazole rings is 1. The van der Waals surface area contributed by atoms with Crippen LogP contribution in [0.4, 0.5) is 11.5 Å². The van der Waals surface area contributed by atoms with Gasteiger partial charge in [0.05, 0.1) is 25.9 Å². The quantitative estimate of drug-likeness (QED) is 0.137. The van der Waals surface area contributed by atoms with Crippen LogP contribution in [0.2, 0.25) is 0 Å². The van der Waals surface area contributed by atoms with Crippen LogP contribution in [0, 0.1) is 17.9 Å². The summed E-state index contributed by atoms with van der Waals surface area (Å²) in [6.45, 7) is 12.2. The number of nitrogens with two attached hydrogens (primary N) is 1. The molecule has 2 aromatic carbocycles. The molecule has 1 aliphatic rings. The molecule has 0 radical (unpaired) electrons. The maximum atomic E-state index is 12.5. The van der Waals surface area contributed by atoms with E-state index >= 15 is 0 Å². The minimum Gasteiger partial charge on any atom is -0.491 e. The highest BCUT2D eigenvalue weighted by atomic mass is 32.2. The molecule has 0 saturated carbocycles. The molecule has 12 heteroatoms. The Kier molecular flexibility index (Phi) is 8.64. The molecule has 11 nitrogen and oxygen atoms in total. The largest absolute Gasteiger partial charge is 0.491 e. The summed E-state index contributed by atoms with van der Waals surface area (Å²) in [6, 6.07) is 18.3. The zero-order valence-corrected chi connectivity index (χ0v) is 24.4. The molecule has 3 heterocycles. The third-order valence-electron chi connectivity index (χ3n) is 6.47. The van der Waals surface area contributed by atoms with Crippen LogP contribution in [-0.2, 0) is 20.0 Å². The number of carbonyl (C=O) groups excluding carboxylic acids is 1. The van der Waals surface area contributed by atoms with Gasteiger partial charge in [0.25, 0.3) is 0 Å². The molecule has 0 spiro atoms. The van der Waals surface area contributed by atoms with Crippen LogP contribution in [0.5, 0.6) is 5.75 Å². The van der Waals surface area contributed by atoms with Gasteiger partial charge in [0.2, 0.25) is 17.3 Å². The van der Waals surface area contributed by atoms with Crippen LogP contribution in [-0.4, -0.2) is 48.2 Å². The molecule has 0 bridgehead atoms. The van der Waals surface area contributed by atoms with E-state index in [-0.39, 0.29) is 45.6 Å². The fourth-order valence-electron chi connectivity index (χ4n) is 4.47. The van der Waals surface area contributed by atoms with Gasteiger partial charge in [-0.2, -0.15) is 5.26 Å². The Morgan fingerprint density at radius 2 is 1.93 bits per heavy atom. The van der Waals surface area contributed by atoms with Gasteiger partial charge >= 0.3 is 5.97 Å². The van der Waals surface area contributed by atoms with E-state index in [2.05, 4.69) is 20.9 Å². The Hall–Kier alpha value is -4.88. The number of rotatable bonds is 9. The lowest BCUT2D eigenvalue weighted by atomic mass is 10.00. The Balaban J connectivity index is 1.42. The lowest BCUT2D eigenvalue weighted by molar-refractivity contribution is -0.141. The Bertz CT molecular complexity index is 1720. The van der Waals surface area contributed by atoms with Crippen molar-refractivity contribution in [2.24, 2.45) is 0 Å². The number of nitrogens with zero attached hydrogens (tertiary/aromatic N) is 4. The first-order chi connectivity index (χ1) is 20.7. The first-order valence-corrected chi connectivity index (χ1v) is 14.1. The van der Waals surface area contributed by atoms with Crippen molar-refractivity contribution in [2.75, 3.05) is 26.1 Å². The van der Waals surface area contributed by atoms with Crippen LogP contribution in [0.1, 0.15) is 35.7 Å². The van der Waals surface area contributed by atoms with E-state index in [1.54, 1.807) is 24.3 Å². The monoisotopic (exact) mass is 597 g/mol. The van der Waals surface area contributed by atoms with Crippen LogP contribution in [0.3, 0.4) is 0 Å². The molecular formula is C31H27N5O6S. The Morgan fingerprint density at radius 3 is 2.56 bits per heavy atom. The summed E-state index contributed by atoms with van der Waals surface area (Å²) in [5.41, 5.74) is 8.39. The van der Waals surface area contributed by atoms with E-state index in [0.29, 0.717) is 41.3 Å². The summed E-state index contributed by atoms with van der Waals surface area (Å²) in [5, 5.41) is 10.5. The number of nitriles is 1. The molecule has 5 rings (SSSR count). The van der Waals surface area contributed by atoms with Crippen molar-refractivity contribution < 1.29 is 28.2 Å². The van der Waals surface area contributed by atoms with E-state index in [0.717, 1.165) is 11.8 Å². The number of benzene rings is 2. The normalized spacial score (nSPS) is 15.4. The highest BCUT2D eigenvalue weighted by molar-refractivity contribution is 7.98. The number of hydrogen-bond acceptors (Lipinski definition) is 11. The fourth-order valence-corrected chi connectivity index (χ4v) is 5.39. The Morgan fingerprint density at radius 1 is 1.19 bits per heavy atom. The van der Waals surface area contributed by atoms with E-state index < -0.39 is 11.8 Å². The average Bonchev–Trinajstić information content (AvgIpc) is 3.61. The number of methoxy groups -OCH3 is 1. The van der Waals surface area contributed by atoms with Crippen molar-refractivity contribution in [3.63, 3.8) is 0 Å². The van der Waals surface area contributed by atoms with Crippen molar-refractivity contribution >= 4 is 29.2 Å². The molecule has 0 unspecified atom stereocenters. The lowest BCUT2D eigenvalue weighted by Gasteiger charge is -2.17. The first kappa shape index (κ1) is 29.6. The fraction of sp³-hybridized carbons (Fsp3) is 0.258. The smallest absolute Gasteiger partial charge is 0.376 e. The number of pyridine rings is 1. The van der Waals surface area contributed by atoms with Gasteiger partial charge in [0, 0.05) is 16.9 Å². The number of ether oxygens (including phenoxy) is 4. The molecule has 2 N–H and O–H groups in total. The molecule has 0 amide bonds. The van der Waals surface area contributed by atoms with E-state index in [1.807, 2.05) is 44.2 Å². The number of aromatic nitrogens is 2. The Labute approximate surface area is 252 Å². The minimum absolute atomic E-state index is 0.0221. The van der Waals surface area contributed by atoms with Gasteiger partial charge in [-0.1, -0.05) is 42.1 Å². The second kappa shape index (κ2) is 12.5. The SMILES string of the molecule is [C-]#[N+]c1c(N)nc(SCc2nc(-c3ccccc3)oc2C(=O)OC)c(C#N)c1-c1ccc(OC[C@@H]2COC(C)(C)O2)cc1. The van der Waals surface area contributed by atoms with Crippen molar-refractivity contribution in [2.45, 2.75) is 36.5 Å². The molecule has 2 aromatic heterocycles. The van der Waals surface area contributed by atoms with Gasteiger partial charge in [0.1, 0.15) is 41.1 Å². The number of hydrogen-bond donors (Lipinski definition) is 1. The first-order valence-electron chi connectivity index (χ1n) is 13.1.